The van der Waals surface area contributed by atoms with Gasteiger partial charge in [0.25, 0.3) is 0 Å². The summed E-state index contributed by atoms with van der Waals surface area (Å²) in [5.74, 6) is 1.28. The molecule has 0 bridgehead atoms. The highest BCUT2D eigenvalue weighted by Gasteiger charge is 2.19. The predicted molar refractivity (Wildman–Crippen MR) is 110 cm³/mol. The predicted octanol–water partition coefficient (Wildman–Crippen LogP) is 4.15. The van der Waals surface area contributed by atoms with Gasteiger partial charge in [-0.2, -0.15) is 0 Å². The maximum absolute atomic E-state index is 12.4. The standard InChI is InChI=1S/C22H23ClN2O3/c23-19-14-16(15-20-21(19)28-13-12-27-20)6-9-24-22(26)25-10-7-18(8-11-25)17-4-2-1-3-5-17/h1-5,7,14-15H,6,8-13H2,(H,24,26). The first-order valence-electron chi connectivity index (χ1n) is 9.56. The quantitative estimate of drug-likeness (QED) is 0.841. The average Bonchev–Trinajstić information content (AvgIpc) is 2.74. The van der Waals surface area contributed by atoms with Crippen LogP contribution in [0.3, 0.4) is 0 Å². The van der Waals surface area contributed by atoms with E-state index in [1.807, 2.05) is 35.2 Å². The molecule has 1 N–H and O–H groups in total. The minimum absolute atomic E-state index is 0.0352. The first-order chi connectivity index (χ1) is 13.7. The number of hydrogen-bond acceptors (Lipinski definition) is 3. The number of rotatable bonds is 4. The second-order valence-corrected chi connectivity index (χ2v) is 7.28. The van der Waals surface area contributed by atoms with E-state index in [1.54, 1.807) is 0 Å². The van der Waals surface area contributed by atoms with Crippen LogP contribution in [0, 0.1) is 0 Å². The van der Waals surface area contributed by atoms with Crippen molar-refractivity contribution in [1.29, 1.82) is 0 Å². The van der Waals surface area contributed by atoms with Crippen molar-refractivity contribution >= 4 is 23.2 Å². The van der Waals surface area contributed by atoms with Gasteiger partial charge in [-0.05, 0) is 41.7 Å². The van der Waals surface area contributed by atoms with E-state index in [9.17, 15) is 4.79 Å². The molecule has 0 radical (unpaired) electrons. The number of amides is 2. The minimum Gasteiger partial charge on any atom is -0.486 e. The number of benzene rings is 2. The molecule has 2 heterocycles. The Balaban J connectivity index is 1.29. The molecule has 28 heavy (non-hydrogen) atoms. The Morgan fingerprint density at radius 2 is 1.96 bits per heavy atom. The molecule has 0 saturated heterocycles. The van der Waals surface area contributed by atoms with Crippen molar-refractivity contribution < 1.29 is 14.3 Å². The van der Waals surface area contributed by atoms with Crippen LogP contribution in [0.15, 0.2) is 48.5 Å². The Morgan fingerprint density at radius 3 is 2.75 bits per heavy atom. The van der Waals surface area contributed by atoms with Gasteiger partial charge in [-0.15, -0.1) is 0 Å². The summed E-state index contributed by atoms with van der Waals surface area (Å²) in [4.78, 5) is 14.3. The van der Waals surface area contributed by atoms with Crippen LogP contribution in [0.25, 0.3) is 5.57 Å². The highest BCUT2D eigenvalue weighted by Crippen LogP contribution is 2.38. The Kier molecular flexibility index (Phi) is 5.72. The Bertz CT molecular complexity index is 883. The summed E-state index contributed by atoms with van der Waals surface area (Å²) < 4.78 is 11.1. The maximum Gasteiger partial charge on any atom is 0.317 e. The number of carbonyl (C=O) groups excluding carboxylic acids is 1. The maximum atomic E-state index is 12.4. The van der Waals surface area contributed by atoms with E-state index in [-0.39, 0.29) is 6.03 Å². The fourth-order valence-electron chi connectivity index (χ4n) is 3.50. The summed E-state index contributed by atoms with van der Waals surface area (Å²) in [6.45, 7) is 2.93. The van der Waals surface area contributed by atoms with E-state index < -0.39 is 0 Å². The number of fused-ring (bicyclic) bond motifs is 1. The van der Waals surface area contributed by atoms with E-state index >= 15 is 0 Å². The number of nitrogens with zero attached hydrogens (tertiary/aromatic N) is 1. The SMILES string of the molecule is O=C(NCCc1cc(Cl)c2c(c1)OCCO2)N1CC=C(c2ccccc2)CC1. The van der Waals surface area contributed by atoms with Crippen molar-refractivity contribution in [1.82, 2.24) is 10.2 Å². The summed E-state index contributed by atoms with van der Waals surface area (Å²) in [6.07, 6.45) is 3.69. The third-order valence-corrected chi connectivity index (χ3v) is 5.27. The first kappa shape index (κ1) is 18.7. The first-order valence-corrected chi connectivity index (χ1v) is 9.94. The number of urea groups is 1. The van der Waals surface area contributed by atoms with Gasteiger partial charge in [0.1, 0.15) is 13.2 Å². The van der Waals surface area contributed by atoms with Crippen LogP contribution >= 0.6 is 11.6 Å². The summed E-state index contributed by atoms with van der Waals surface area (Å²) in [6, 6.07) is 14.1. The van der Waals surface area contributed by atoms with Crippen molar-refractivity contribution in [3.8, 4) is 11.5 Å². The molecule has 2 aromatic rings. The topological polar surface area (TPSA) is 50.8 Å². The molecule has 2 aromatic carbocycles. The van der Waals surface area contributed by atoms with Crippen LogP contribution in [-0.4, -0.2) is 43.8 Å². The Hall–Kier alpha value is -2.66. The molecule has 5 nitrogen and oxygen atoms in total. The Labute approximate surface area is 169 Å². The number of nitrogens with one attached hydrogen (secondary N) is 1. The molecule has 2 aliphatic heterocycles. The van der Waals surface area contributed by atoms with E-state index in [1.165, 1.54) is 11.1 Å². The molecular weight excluding hydrogens is 376 g/mol. The normalized spacial score (nSPS) is 15.8. The number of halogens is 1. The number of hydrogen-bond donors (Lipinski definition) is 1. The van der Waals surface area contributed by atoms with Crippen molar-refractivity contribution in [3.63, 3.8) is 0 Å². The van der Waals surface area contributed by atoms with Gasteiger partial charge < -0.3 is 19.7 Å². The highest BCUT2D eigenvalue weighted by molar-refractivity contribution is 6.32. The van der Waals surface area contributed by atoms with Crippen LogP contribution in [0.4, 0.5) is 4.79 Å². The van der Waals surface area contributed by atoms with Crippen molar-refractivity contribution in [2.45, 2.75) is 12.8 Å². The van der Waals surface area contributed by atoms with Gasteiger partial charge in [0, 0.05) is 19.6 Å². The third-order valence-electron chi connectivity index (χ3n) is 4.99. The molecular formula is C22H23ClN2O3. The lowest BCUT2D eigenvalue weighted by Gasteiger charge is -2.27. The third kappa shape index (κ3) is 4.25. The fraction of sp³-hybridized carbons (Fsp3) is 0.318. The summed E-state index contributed by atoms with van der Waals surface area (Å²) >= 11 is 6.27. The van der Waals surface area contributed by atoms with E-state index in [0.717, 1.165) is 18.5 Å². The minimum atomic E-state index is -0.0352. The lowest BCUT2D eigenvalue weighted by Crippen LogP contribution is -2.42. The van der Waals surface area contributed by atoms with Crippen molar-refractivity contribution in [3.05, 3.63) is 64.7 Å². The van der Waals surface area contributed by atoms with Crippen LogP contribution in [0.5, 0.6) is 11.5 Å². The van der Waals surface area contributed by atoms with Gasteiger partial charge in [-0.25, -0.2) is 4.79 Å². The number of carbonyl (C=O) groups is 1. The van der Waals surface area contributed by atoms with Crippen molar-refractivity contribution in [2.75, 3.05) is 32.8 Å². The van der Waals surface area contributed by atoms with Gasteiger partial charge in [0.15, 0.2) is 11.5 Å². The zero-order valence-electron chi connectivity index (χ0n) is 15.6. The molecule has 0 unspecified atom stereocenters. The second-order valence-electron chi connectivity index (χ2n) is 6.88. The van der Waals surface area contributed by atoms with Gasteiger partial charge >= 0.3 is 6.03 Å². The molecule has 0 spiro atoms. The highest BCUT2D eigenvalue weighted by atomic mass is 35.5. The molecule has 0 fully saturated rings. The molecule has 146 valence electrons. The smallest absolute Gasteiger partial charge is 0.317 e. The number of ether oxygens (including phenoxy) is 2. The molecule has 0 atom stereocenters. The van der Waals surface area contributed by atoms with Gasteiger partial charge in [0.2, 0.25) is 0 Å². The summed E-state index contributed by atoms with van der Waals surface area (Å²) in [5, 5.41) is 3.55. The second kappa shape index (κ2) is 8.57. The summed E-state index contributed by atoms with van der Waals surface area (Å²) in [5.41, 5.74) is 3.55. The molecule has 0 aromatic heterocycles. The van der Waals surface area contributed by atoms with Crippen LogP contribution in [-0.2, 0) is 6.42 Å². The van der Waals surface area contributed by atoms with E-state index in [0.29, 0.717) is 49.2 Å². The fourth-order valence-corrected chi connectivity index (χ4v) is 3.79. The van der Waals surface area contributed by atoms with Crippen LogP contribution in [0.2, 0.25) is 5.02 Å². The van der Waals surface area contributed by atoms with E-state index in [2.05, 4.69) is 23.5 Å². The van der Waals surface area contributed by atoms with Gasteiger partial charge in [-0.1, -0.05) is 48.0 Å². The molecule has 4 rings (SSSR count). The Morgan fingerprint density at radius 1 is 1.14 bits per heavy atom. The lowest BCUT2D eigenvalue weighted by atomic mass is 10.00. The van der Waals surface area contributed by atoms with Crippen LogP contribution < -0.4 is 14.8 Å². The lowest BCUT2D eigenvalue weighted by molar-refractivity contribution is 0.171. The average molecular weight is 399 g/mol. The van der Waals surface area contributed by atoms with Crippen LogP contribution in [0.1, 0.15) is 17.5 Å². The molecule has 6 heteroatoms. The van der Waals surface area contributed by atoms with E-state index in [4.69, 9.17) is 21.1 Å². The van der Waals surface area contributed by atoms with Crippen molar-refractivity contribution in [2.24, 2.45) is 0 Å². The summed E-state index contributed by atoms with van der Waals surface area (Å²) in [7, 11) is 0. The monoisotopic (exact) mass is 398 g/mol. The molecule has 0 aliphatic carbocycles. The molecule has 2 amide bonds. The molecule has 0 saturated carbocycles. The largest absolute Gasteiger partial charge is 0.486 e. The zero-order chi connectivity index (χ0) is 19.3. The van der Waals surface area contributed by atoms with Gasteiger partial charge in [0.05, 0.1) is 5.02 Å². The molecule has 2 aliphatic rings. The van der Waals surface area contributed by atoms with Gasteiger partial charge in [-0.3, -0.25) is 0 Å². The zero-order valence-corrected chi connectivity index (χ0v) is 16.4.